The molecule has 0 aliphatic carbocycles. The first kappa shape index (κ1) is 30.1. The minimum absolute atomic E-state index is 0.122. The molecule has 4 heterocycles. The van der Waals surface area contributed by atoms with Crippen molar-refractivity contribution in [3.05, 3.63) is 68.4 Å². The van der Waals surface area contributed by atoms with Crippen molar-refractivity contribution < 1.29 is 23.8 Å². The highest BCUT2D eigenvalue weighted by Crippen LogP contribution is 2.31. The summed E-state index contributed by atoms with van der Waals surface area (Å²) in [6, 6.07) is 3.34. The molecule has 1 amide bonds. The van der Waals surface area contributed by atoms with Crippen LogP contribution in [0.3, 0.4) is 0 Å². The van der Waals surface area contributed by atoms with Crippen molar-refractivity contribution >= 4 is 27.5 Å². The molecule has 1 aromatic carbocycles. The average Bonchev–Trinajstić information content (AvgIpc) is 3.60. The number of methoxy groups -OCH3 is 2. The van der Waals surface area contributed by atoms with Crippen molar-refractivity contribution in [1.82, 2.24) is 29.0 Å². The molecule has 1 N–H and O–H groups in total. The Kier molecular flexibility index (Phi) is 9.68. The molecule has 5 rings (SSSR count). The van der Waals surface area contributed by atoms with E-state index in [0.717, 1.165) is 4.57 Å². The van der Waals surface area contributed by atoms with Crippen LogP contribution in [0.15, 0.2) is 40.2 Å². The molecule has 1 aliphatic rings. The largest absolute Gasteiger partial charge is 0.496 e. The molecule has 0 radical (unpaired) electrons. The molecule has 1 aliphatic heterocycles. The number of halogens is 1. The maximum absolute atomic E-state index is 14.0. The molecule has 0 saturated carbocycles. The molecule has 0 unspecified atom stereocenters. The Morgan fingerprint density at radius 1 is 1.17 bits per heavy atom. The topological polar surface area (TPSA) is 134 Å². The molecule has 12 nitrogen and oxygen atoms in total. The van der Waals surface area contributed by atoms with Crippen molar-refractivity contribution in [2.45, 2.75) is 38.8 Å². The maximum atomic E-state index is 14.0. The first-order valence-corrected chi connectivity index (χ1v) is 13.9. The first-order valence-electron chi connectivity index (χ1n) is 13.1. The van der Waals surface area contributed by atoms with Crippen LogP contribution in [0, 0.1) is 12.7 Å². The van der Waals surface area contributed by atoms with E-state index in [0.29, 0.717) is 58.1 Å². The molecule has 1 saturated heterocycles. The van der Waals surface area contributed by atoms with Gasteiger partial charge in [0.1, 0.15) is 27.4 Å². The number of benzene rings is 1. The zero-order chi connectivity index (χ0) is 29.7. The predicted molar refractivity (Wildman–Crippen MR) is 152 cm³/mol. The van der Waals surface area contributed by atoms with Crippen LogP contribution in [0.25, 0.3) is 15.2 Å². The van der Waals surface area contributed by atoms with Gasteiger partial charge in [0.2, 0.25) is 5.91 Å². The van der Waals surface area contributed by atoms with Crippen LogP contribution < -0.4 is 16.0 Å². The van der Waals surface area contributed by atoms with Crippen molar-refractivity contribution in [3.63, 3.8) is 0 Å². The van der Waals surface area contributed by atoms with Gasteiger partial charge in [0.05, 0.1) is 38.1 Å². The van der Waals surface area contributed by atoms with Gasteiger partial charge in [-0.1, -0.05) is 11.3 Å². The zero-order valence-corrected chi connectivity index (χ0v) is 24.2. The van der Waals surface area contributed by atoms with Crippen LogP contribution in [-0.4, -0.2) is 81.1 Å². The molecular weight excluding hydrogens is 555 g/mol. The lowest BCUT2D eigenvalue weighted by molar-refractivity contribution is -0.136. The SMILES string of the molecule is COCCO.COc1ccc(F)cc1CCn1c(=O)n([C@H]2CCCN(C)C2=O)c(=O)c2c(C)c(-n3nccn3)sc21. The van der Waals surface area contributed by atoms with Gasteiger partial charge in [0, 0.05) is 32.8 Å². The lowest BCUT2D eigenvalue weighted by Crippen LogP contribution is -2.49. The summed E-state index contributed by atoms with van der Waals surface area (Å²) < 4.78 is 26.4. The van der Waals surface area contributed by atoms with Crippen molar-refractivity contribution in [3.8, 4) is 10.8 Å². The Morgan fingerprint density at radius 3 is 2.54 bits per heavy atom. The molecular formula is C27H33FN6O6S. The number of likely N-dealkylation sites (N-methyl/N-ethyl adjacent to an activating group) is 1. The Morgan fingerprint density at radius 2 is 1.90 bits per heavy atom. The molecule has 0 bridgehead atoms. The van der Waals surface area contributed by atoms with E-state index in [2.05, 4.69) is 14.9 Å². The van der Waals surface area contributed by atoms with E-state index in [4.69, 9.17) is 9.84 Å². The number of hydrogen-bond acceptors (Lipinski definition) is 9. The van der Waals surface area contributed by atoms with Gasteiger partial charge in [-0.2, -0.15) is 10.2 Å². The molecule has 1 fully saturated rings. The number of aryl methyl sites for hydroxylation is 3. The van der Waals surface area contributed by atoms with Crippen LogP contribution in [0.4, 0.5) is 4.39 Å². The lowest BCUT2D eigenvalue weighted by atomic mass is 10.0. The second-order valence-electron chi connectivity index (χ2n) is 9.48. The molecule has 1 atom stereocenters. The Labute approximate surface area is 239 Å². The number of carbonyl (C=O) groups is 1. The third-order valence-corrected chi connectivity index (χ3v) is 8.19. The van der Waals surface area contributed by atoms with Gasteiger partial charge >= 0.3 is 5.69 Å². The number of ether oxygens (including phenoxy) is 2. The lowest BCUT2D eigenvalue weighted by Gasteiger charge is -2.30. The summed E-state index contributed by atoms with van der Waals surface area (Å²) in [7, 11) is 4.72. The van der Waals surface area contributed by atoms with Crippen LogP contribution in [0.1, 0.15) is 30.0 Å². The first-order chi connectivity index (χ1) is 19.7. The Bertz CT molecular complexity index is 1630. The summed E-state index contributed by atoms with van der Waals surface area (Å²) in [4.78, 5) is 44.0. The minimum atomic E-state index is -0.881. The second-order valence-corrected chi connectivity index (χ2v) is 10.5. The highest BCUT2D eigenvalue weighted by atomic mass is 32.1. The third-order valence-electron chi connectivity index (χ3n) is 6.90. The fourth-order valence-corrected chi connectivity index (χ4v) is 6.09. The maximum Gasteiger partial charge on any atom is 0.332 e. The van der Waals surface area contributed by atoms with Crippen LogP contribution in [-0.2, 0) is 22.5 Å². The Balaban J connectivity index is 0.000000714. The number of hydrogen-bond donors (Lipinski definition) is 1. The number of nitrogens with zero attached hydrogens (tertiary/aromatic N) is 6. The number of amides is 1. The standard InChI is InChI=1S/C24H25FN6O4S.C3H8O2/c1-14-19-21(33)30(17-5-4-11-28(2)20(17)32)24(34)29(23(19)36-22(14)31-26-9-10-27-31)12-8-15-13-16(25)6-7-18(15)35-3;1-5-3-2-4/h6-7,9-10,13,17H,4-5,8,11-12H2,1-3H3;4H,2-3H2,1H3/t17-;/m0./s1. The number of aromatic nitrogens is 5. The number of rotatable bonds is 8. The van der Waals surface area contributed by atoms with Crippen LogP contribution >= 0.6 is 11.3 Å². The summed E-state index contributed by atoms with van der Waals surface area (Å²) in [6.07, 6.45) is 4.42. The van der Waals surface area contributed by atoms with Crippen molar-refractivity contribution in [2.75, 3.05) is 41.0 Å². The van der Waals surface area contributed by atoms with Gasteiger partial charge in [-0.25, -0.2) is 13.8 Å². The zero-order valence-electron chi connectivity index (χ0n) is 23.4. The van der Waals surface area contributed by atoms with E-state index >= 15 is 0 Å². The normalized spacial score (nSPS) is 15.2. The van der Waals surface area contributed by atoms with E-state index in [-0.39, 0.29) is 25.5 Å². The summed E-state index contributed by atoms with van der Waals surface area (Å²) in [6.45, 7) is 3.07. The van der Waals surface area contributed by atoms with E-state index in [1.165, 1.54) is 58.4 Å². The van der Waals surface area contributed by atoms with Crippen LogP contribution in [0.5, 0.6) is 5.75 Å². The molecule has 14 heteroatoms. The third kappa shape index (κ3) is 6.09. The predicted octanol–water partition coefficient (Wildman–Crippen LogP) is 1.92. The number of likely N-dealkylation sites (tertiary alicyclic amines) is 1. The summed E-state index contributed by atoms with van der Waals surface area (Å²) in [5, 5.41) is 17.3. The number of piperidine rings is 1. The minimum Gasteiger partial charge on any atom is -0.496 e. The fraction of sp³-hybridized carbons (Fsp3) is 0.444. The number of carbonyl (C=O) groups excluding carboxylic acids is 1. The van der Waals surface area contributed by atoms with E-state index in [9.17, 15) is 18.8 Å². The Hall–Kier alpha value is -3.88. The fourth-order valence-electron chi connectivity index (χ4n) is 4.85. The second kappa shape index (κ2) is 13.2. The van der Waals surface area contributed by atoms with Crippen molar-refractivity contribution in [1.29, 1.82) is 0 Å². The molecule has 220 valence electrons. The number of aliphatic hydroxyl groups excluding tert-OH is 1. The molecule has 41 heavy (non-hydrogen) atoms. The number of thiophene rings is 1. The highest BCUT2D eigenvalue weighted by Gasteiger charge is 2.32. The number of aliphatic hydroxyl groups is 1. The van der Waals surface area contributed by atoms with E-state index < -0.39 is 23.1 Å². The van der Waals surface area contributed by atoms with Gasteiger partial charge in [-0.15, -0.1) is 4.80 Å². The van der Waals surface area contributed by atoms with E-state index in [1.807, 2.05) is 0 Å². The quantitative estimate of drug-likeness (QED) is 0.330. The van der Waals surface area contributed by atoms with Gasteiger partial charge in [0.15, 0.2) is 0 Å². The monoisotopic (exact) mass is 588 g/mol. The molecule has 0 spiro atoms. The molecule has 3 aromatic heterocycles. The van der Waals surface area contributed by atoms with Gasteiger partial charge < -0.3 is 19.5 Å². The smallest absolute Gasteiger partial charge is 0.332 e. The number of fused-ring (bicyclic) bond motifs is 1. The van der Waals surface area contributed by atoms with Gasteiger partial charge in [-0.05, 0) is 49.9 Å². The highest BCUT2D eigenvalue weighted by molar-refractivity contribution is 7.21. The van der Waals surface area contributed by atoms with Crippen LogP contribution in [0.2, 0.25) is 0 Å². The van der Waals surface area contributed by atoms with Crippen molar-refractivity contribution in [2.24, 2.45) is 0 Å². The summed E-state index contributed by atoms with van der Waals surface area (Å²) in [5.41, 5.74) is 0.137. The van der Waals surface area contributed by atoms with E-state index in [1.54, 1.807) is 26.0 Å². The average molecular weight is 589 g/mol. The van der Waals surface area contributed by atoms with Gasteiger partial charge in [-0.3, -0.25) is 14.2 Å². The van der Waals surface area contributed by atoms with Gasteiger partial charge in [0.25, 0.3) is 5.56 Å². The summed E-state index contributed by atoms with van der Waals surface area (Å²) in [5.74, 6) is -0.176. The molecule has 4 aromatic rings. The summed E-state index contributed by atoms with van der Waals surface area (Å²) >= 11 is 1.23.